The van der Waals surface area contributed by atoms with Crippen molar-refractivity contribution in [3.05, 3.63) is 65.0 Å². The number of aliphatic hydroxyl groups is 1. The van der Waals surface area contributed by atoms with Gasteiger partial charge in [-0.2, -0.15) is 0 Å². The topological polar surface area (TPSA) is 74.7 Å². The number of amides is 1. The van der Waals surface area contributed by atoms with E-state index in [-0.39, 0.29) is 12.5 Å². The second kappa shape index (κ2) is 8.82. The molecule has 2 aliphatic heterocycles. The molecule has 0 aliphatic carbocycles. The largest absolute Gasteiger partial charge is 0.390 e. The van der Waals surface area contributed by atoms with Gasteiger partial charge in [0, 0.05) is 37.8 Å². The summed E-state index contributed by atoms with van der Waals surface area (Å²) >= 11 is 0. The van der Waals surface area contributed by atoms with Crippen molar-refractivity contribution in [3.8, 4) is 0 Å². The third kappa shape index (κ3) is 4.76. The number of fused-ring (bicyclic) bond motifs is 1. The number of pyridine rings is 1. The van der Waals surface area contributed by atoms with Gasteiger partial charge >= 0.3 is 0 Å². The molecule has 0 radical (unpaired) electrons. The highest BCUT2D eigenvalue weighted by Crippen LogP contribution is 2.18. The van der Waals surface area contributed by atoms with Crippen LogP contribution in [0.5, 0.6) is 0 Å². The summed E-state index contributed by atoms with van der Waals surface area (Å²) in [6, 6.07) is 14.0. The summed E-state index contributed by atoms with van der Waals surface area (Å²) in [5.74, 6) is 0.261. The van der Waals surface area contributed by atoms with Crippen molar-refractivity contribution < 1.29 is 14.6 Å². The monoisotopic (exact) mass is 381 g/mol. The molecule has 0 spiro atoms. The molecular formula is C22H27N3O3. The molecule has 2 aliphatic rings. The molecular weight excluding hydrogens is 354 g/mol. The highest BCUT2D eigenvalue weighted by molar-refractivity contribution is 5.92. The summed E-state index contributed by atoms with van der Waals surface area (Å²) in [6.07, 6.45) is 1.22. The molecule has 6 nitrogen and oxygen atoms in total. The molecule has 1 amide bonds. The predicted molar refractivity (Wildman–Crippen MR) is 106 cm³/mol. The zero-order valence-electron chi connectivity index (χ0n) is 16.0. The molecule has 28 heavy (non-hydrogen) atoms. The molecule has 4 rings (SSSR count). The molecule has 1 atom stereocenters. The van der Waals surface area contributed by atoms with Crippen LogP contribution in [-0.2, 0) is 24.1 Å². The van der Waals surface area contributed by atoms with Crippen LogP contribution in [-0.4, -0.2) is 59.8 Å². The minimum atomic E-state index is -0.607. The second-order valence-electron chi connectivity index (χ2n) is 7.74. The van der Waals surface area contributed by atoms with Gasteiger partial charge in [0.25, 0.3) is 5.91 Å². The standard InChI is InChI=1S/C22H27N3O3/c26-20(13-25-9-8-17-4-1-2-5-18(17)12-25)11-23-22(27)21-7-3-6-19(24-21)10-16-14-28-15-16/h1-7,16,20,26H,8-15H2,(H,23,27)/t20-/m0/s1. The average Bonchev–Trinajstić information content (AvgIpc) is 2.69. The molecule has 1 aromatic heterocycles. The number of nitrogens with one attached hydrogen (secondary N) is 1. The van der Waals surface area contributed by atoms with Crippen LogP contribution in [0, 0.1) is 5.92 Å². The number of ether oxygens (including phenoxy) is 1. The van der Waals surface area contributed by atoms with Crippen LogP contribution in [0.25, 0.3) is 0 Å². The number of hydrogen-bond acceptors (Lipinski definition) is 5. The van der Waals surface area contributed by atoms with Gasteiger partial charge in [0.15, 0.2) is 0 Å². The predicted octanol–water partition coefficient (Wildman–Crippen LogP) is 1.42. The molecule has 2 N–H and O–H groups in total. The Kier molecular flexibility index (Phi) is 6.00. The highest BCUT2D eigenvalue weighted by Gasteiger charge is 2.21. The summed E-state index contributed by atoms with van der Waals surface area (Å²) in [5, 5.41) is 13.2. The van der Waals surface area contributed by atoms with Crippen LogP contribution in [0.3, 0.4) is 0 Å². The minimum Gasteiger partial charge on any atom is -0.390 e. The zero-order valence-corrected chi connectivity index (χ0v) is 16.0. The maximum Gasteiger partial charge on any atom is 0.269 e. The lowest BCUT2D eigenvalue weighted by Gasteiger charge is -2.30. The Bertz CT molecular complexity index is 822. The first-order valence-electron chi connectivity index (χ1n) is 9.96. The molecule has 0 saturated carbocycles. The van der Waals surface area contributed by atoms with Gasteiger partial charge in [-0.25, -0.2) is 4.98 Å². The molecule has 0 bridgehead atoms. The Morgan fingerprint density at radius 3 is 2.82 bits per heavy atom. The summed E-state index contributed by atoms with van der Waals surface area (Å²) in [7, 11) is 0. The summed E-state index contributed by atoms with van der Waals surface area (Å²) < 4.78 is 5.19. The molecule has 6 heteroatoms. The Morgan fingerprint density at radius 1 is 1.21 bits per heavy atom. The van der Waals surface area contributed by atoms with Crippen LogP contribution in [0.2, 0.25) is 0 Å². The van der Waals surface area contributed by atoms with E-state index in [4.69, 9.17) is 4.74 Å². The van der Waals surface area contributed by atoms with E-state index < -0.39 is 6.10 Å². The van der Waals surface area contributed by atoms with E-state index >= 15 is 0 Å². The fraction of sp³-hybridized carbons (Fsp3) is 0.455. The Labute approximate surface area is 165 Å². The van der Waals surface area contributed by atoms with Crippen LogP contribution in [0.1, 0.15) is 27.3 Å². The summed E-state index contributed by atoms with van der Waals surface area (Å²) in [6.45, 7) is 4.08. The van der Waals surface area contributed by atoms with Crippen molar-refractivity contribution >= 4 is 5.91 Å². The van der Waals surface area contributed by atoms with Crippen LogP contribution < -0.4 is 5.32 Å². The first kappa shape index (κ1) is 19.1. The maximum absolute atomic E-state index is 12.4. The normalized spacial score (nSPS) is 18.2. The van der Waals surface area contributed by atoms with E-state index in [2.05, 4.69) is 39.5 Å². The van der Waals surface area contributed by atoms with Gasteiger partial charge < -0.3 is 15.2 Å². The molecule has 1 fully saturated rings. The molecule has 1 saturated heterocycles. The number of hydrogen-bond donors (Lipinski definition) is 2. The van der Waals surface area contributed by atoms with Gasteiger partial charge in [-0.15, -0.1) is 0 Å². The lowest BCUT2D eigenvalue weighted by atomic mass is 10.00. The van der Waals surface area contributed by atoms with Gasteiger partial charge in [0.1, 0.15) is 5.69 Å². The van der Waals surface area contributed by atoms with E-state index in [0.717, 1.165) is 44.8 Å². The Hall–Kier alpha value is -2.28. The number of benzene rings is 1. The Balaban J connectivity index is 1.25. The SMILES string of the molecule is O=C(NC[C@H](O)CN1CCc2ccccc2C1)c1cccc(CC2COC2)n1. The van der Waals surface area contributed by atoms with Gasteiger partial charge in [-0.1, -0.05) is 30.3 Å². The fourth-order valence-corrected chi connectivity index (χ4v) is 3.79. The highest BCUT2D eigenvalue weighted by atomic mass is 16.5. The first-order valence-corrected chi connectivity index (χ1v) is 9.96. The lowest BCUT2D eigenvalue weighted by Crippen LogP contribution is -2.42. The number of carbonyl (C=O) groups excluding carboxylic acids is 1. The zero-order chi connectivity index (χ0) is 19.3. The van der Waals surface area contributed by atoms with Crippen molar-refractivity contribution in [2.75, 3.05) is 32.8 Å². The quantitative estimate of drug-likeness (QED) is 0.759. The molecule has 3 heterocycles. The molecule has 1 aromatic carbocycles. The van der Waals surface area contributed by atoms with E-state index in [9.17, 15) is 9.90 Å². The number of rotatable bonds is 7. The molecule has 2 aromatic rings. The fourth-order valence-electron chi connectivity index (χ4n) is 3.79. The van der Waals surface area contributed by atoms with E-state index in [1.54, 1.807) is 6.07 Å². The average molecular weight is 381 g/mol. The third-order valence-electron chi connectivity index (χ3n) is 5.42. The van der Waals surface area contributed by atoms with Crippen molar-refractivity contribution in [2.24, 2.45) is 5.92 Å². The summed E-state index contributed by atoms with van der Waals surface area (Å²) in [5.41, 5.74) is 4.02. The van der Waals surface area contributed by atoms with Gasteiger partial charge in [0.2, 0.25) is 0 Å². The number of aliphatic hydroxyl groups excluding tert-OH is 1. The van der Waals surface area contributed by atoms with Gasteiger partial charge in [-0.3, -0.25) is 9.69 Å². The number of β-amino-alcohol motifs (C(OH)–C–C–N with tert-alkyl or cyclic N) is 1. The van der Waals surface area contributed by atoms with Crippen molar-refractivity contribution in [1.29, 1.82) is 0 Å². The molecule has 148 valence electrons. The number of nitrogens with zero attached hydrogens (tertiary/aromatic N) is 2. The van der Waals surface area contributed by atoms with Crippen LogP contribution >= 0.6 is 0 Å². The van der Waals surface area contributed by atoms with Gasteiger partial charge in [0.05, 0.1) is 19.3 Å². The van der Waals surface area contributed by atoms with Gasteiger partial charge in [-0.05, 0) is 36.1 Å². The smallest absolute Gasteiger partial charge is 0.269 e. The number of aromatic nitrogens is 1. The van der Waals surface area contributed by atoms with Crippen molar-refractivity contribution in [2.45, 2.75) is 25.5 Å². The van der Waals surface area contributed by atoms with E-state index in [1.807, 2.05) is 12.1 Å². The van der Waals surface area contributed by atoms with Crippen LogP contribution in [0.15, 0.2) is 42.5 Å². The Morgan fingerprint density at radius 2 is 2.04 bits per heavy atom. The summed E-state index contributed by atoms with van der Waals surface area (Å²) in [4.78, 5) is 19.1. The lowest BCUT2D eigenvalue weighted by molar-refractivity contribution is -0.0316. The van der Waals surface area contributed by atoms with E-state index in [1.165, 1.54) is 11.1 Å². The minimum absolute atomic E-state index is 0.222. The third-order valence-corrected chi connectivity index (χ3v) is 5.42. The second-order valence-corrected chi connectivity index (χ2v) is 7.74. The molecule has 0 unspecified atom stereocenters. The first-order chi connectivity index (χ1) is 13.7. The van der Waals surface area contributed by atoms with Crippen molar-refractivity contribution in [1.82, 2.24) is 15.2 Å². The van der Waals surface area contributed by atoms with Crippen molar-refractivity contribution in [3.63, 3.8) is 0 Å². The number of carbonyl (C=O) groups is 1. The maximum atomic E-state index is 12.4. The van der Waals surface area contributed by atoms with E-state index in [0.29, 0.717) is 18.2 Å². The van der Waals surface area contributed by atoms with Crippen LogP contribution in [0.4, 0.5) is 0 Å².